The molecule has 0 spiro atoms. The predicted octanol–water partition coefficient (Wildman–Crippen LogP) is 1.91. The molecule has 0 bridgehead atoms. The smallest absolute Gasteiger partial charge is 0.326 e. The van der Waals surface area contributed by atoms with Crippen molar-refractivity contribution < 1.29 is 4.39 Å². The molecule has 3 rings (SSSR count). The van der Waals surface area contributed by atoms with E-state index in [0.717, 1.165) is 12.8 Å². The lowest BCUT2D eigenvalue weighted by Gasteiger charge is -2.16. The van der Waals surface area contributed by atoms with E-state index < -0.39 is 16.7 Å². The van der Waals surface area contributed by atoms with E-state index in [1.54, 1.807) is 16.7 Å². The highest BCUT2D eigenvalue weighted by molar-refractivity contribution is 5.74. The number of aromatic nitrogens is 3. The van der Waals surface area contributed by atoms with Gasteiger partial charge in [-0.05, 0) is 30.5 Å². The zero-order valence-electron chi connectivity index (χ0n) is 13.8. The zero-order valence-corrected chi connectivity index (χ0v) is 13.8. The van der Waals surface area contributed by atoms with Gasteiger partial charge in [-0.2, -0.15) is 0 Å². The van der Waals surface area contributed by atoms with Gasteiger partial charge in [-0.15, -0.1) is 0 Å². The molecule has 7 heteroatoms. The van der Waals surface area contributed by atoms with E-state index in [1.807, 2.05) is 6.92 Å². The van der Waals surface area contributed by atoms with Crippen LogP contribution in [-0.2, 0) is 13.0 Å². The maximum absolute atomic E-state index is 13.5. The summed E-state index contributed by atoms with van der Waals surface area (Å²) in [7, 11) is 0. The number of benzene rings is 1. The lowest BCUT2D eigenvalue weighted by Crippen LogP contribution is -2.29. The minimum absolute atomic E-state index is 0.101. The van der Waals surface area contributed by atoms with Crippen LogP contribution < -0.4 is 16.7 Å². The number of pyridine rings is 1. The van der Waals surface area contributed by atoms with Gasteiger partial charge in [0.1, 0.15) is 16.9 Å². The van der Waals surface area contributed by atoms with E-state index in [1.165, 1.54) is 18.2 Å². The topological polar surface area (TPSA) is 87.7 Å². The van der Waals surface area contributed by atoms with Crippen LogP contribution in [0, 0.1) is 5.82 Å². The Kier molecular flexibility index (Phi) is 4.65. The highest BCUT2D eigenvalue weighted by atomic mass is 19.1. The van der Waals surface area contributed by atoms with E-state index in [-0.39, 0.29) is 23.4 Å². The number of unbranched alkanes of at least 4 members (excludes halogenated alkanes) is 1. The molecular formula is C18H18FN3O3. The molecule has 25 heavy (non-hydrogen) atoms. The third kappa shape index (κ3) is 3.45. The van der Waals surface area contributed by atoms with Crippen molar-refractivity contribution in [3.8, 4) is 0 Å². The number of halogens is 1. The Balaban J connectivity index is 2.28. The van der Waals surface area contributed by atoms with Crippen molar-refractivity contribution in [1.29, 1.82) is 0 Å². The summed E-state index contributed by atoms with van der Waals surface area (Å²) in [4.78, 5) is 40.7. The van der Waals surface area contributed by atoms with Crippen LogP contribution in [0.4, 0.5) is 4.39 Å². The van der Waals surface area contributed by atoms with Gasteiger partial charge in [0.2, 0.25) is 0 Å². The molecule has 0 aliphatic heterocycles. The first-order valence-electron chi connectivity index (χ1n) is 8.13. The Morgan fingerprint density at radius 3 is 2.64 bits per heavy atom. The summed E-state index contributed by atoms with van der Waals surface area (Å²) in [6.07, 6.45) is 2.39. The average molecular weight is 343 g/mol. The quantitative estimate of drug-likeness (QED) is 0.742. The number of hydrogen-bond donors (Lipinski definition) is 2. The fraction of sp³-hybridized carbons (Fsp3) is 0.278. The van der Waals surface area contributed by atoms with Crippen LogP contribution in [0.5, 0.6) is 0 Å². The van der Waals surface area contributed by atoms with Crippen molar-refractivity contribution in [1.82, 2.24) is 14.5 Å². The van der Waals surface area contributed by atoms with Gasteiger partial charge in [0.15, 0.2) is 5.43 Å². The zero-order chi connectivity index (χ0) is 18.0. The third-order valence-corrected chi connectivity index (χ3v) is 4.10. The fourth-order valence-electron chi connectivity index (χ4n) is 2.91. The minimum atomic E-state index is -0.723. The molecule has 0 aliphatic rings. The predicted molar refractivity (Wildman–Crippen MR) is 93.6 cm³/mol. The van der Waals surface area contributed by atoms with Crippen LogP contribution in [0.3, 0.4) is 0 Å². The molecule has 2 aromatic heterocycles. The number of nitrogens with one attached hydrogen (secondary N) is 2. The number of aromatic amines is 2. The minimum Gasteiger partial charge on any atom is -0.326 e. The molecule has 3 aromatic rings. The molecule has 130 valence electrons. The molecule has 1 aromatic carbocycles. The number of nitrogens with zero attached hydrogens (tertiary/aromatic N) is 1. The van der Waals surface area contributed by atoms with Crippen LogP contribution in [0.15, 0.2) is 44.7 Å². The number of aryl methyl sites for hydroxylation is 1. The van der Waals surface area contributed by atoms with Gasteiger partial charge in [0, 0.05) is 18.3 Å². The Bertz CT molecular complexity index is 1100. The molecule has 0 atom stereocenters. The maximum atomic E-state index is 13.5. The first-order valence-corrected chi connectivity index (χ1v) is 8.13. The van der Waals surface area contributed by atoms with E-state index in [9.17, 15) is 18.8 Å². The molecule has 0 saturated heterocycles. The first kappa shape index (κ1) is 16.9. The standard InChI is InChI=1S/C18H18FN3O3/c1-2-3-7-13-9-14(23)15-16(20-18(25)21-17(15)24)22(13)10-11-5-4-6-12(19)8-11/h4-6,8-9H,2-3,7,10H2,1H3,(H2,20,21,24,25). The lowest BCUT2D eigenvalue weighted by atomic mass is 10.1. The number of rotatable bonds is 5. The summed E-state index contributed by atoms with van der Waals surface area (Å²) >= 11 is 0. The van der Waals surface area contributed by atoms with Gasteiger partial charge in [0.25, 0.3) is 5.56 Å². The van der Waals surface area contributed by atoms with E-state index in [4.69, 9.17) is 0 Å². The highest BCUT2D eigenvalue weighted by Gasteiger charge is 2.14. The Morgan fingerprint density at radius 2 is 1.92 bits per heavy atom. The monoisotopic (exact) mass is 343 g/mol. The Labute approximate surface area is 142 Å². The number of H-pyrrole nitrogens is 2. The average Bonchev–Trinajstić information content (AvgIpc) is 2.55. The van der Waals surface area contributed by atoms with Crippen LogP contribution in [0.25, 0.3) is 11.0 Å². The summed E-state index contributed by atoms with van der Waals surface area (Å²) in [5.74, 6) is -0.371. The molecule has 2 N–H and O–H groups in total. The summed E-state index contributed by atoms with van der Waals surface area (Å²) in [5, 5.41) is -0.101. The van der Waals surface area contributed by atoms with Crippen LogP contribution in [-0.4, -0.2) is 14.5 Å². The summed E-state index contributed by atoms with van der Waals surface area (Å²) in [6.45, 7) is 2.27. The number of fused-ring (bicyclic) bond motifs is 1. The van der Waals surface area contributed by atoms with Crippen molar-refractivity contribution >= 4 is 11.0 Å². The van der Waals surface area contributed by atoms with Gasteiger partial charge in [0.05, 0.1) is 0 Å². The van der Waals surface area contributed by atoms with E-state index in [2.05, 4.69) is 9.97 Å². The lowest BCUT2D eigenvalue weighted by molar-refractivity contribution is 0.622. The van der Waals surface area contributed by atoms with Gasteiger partial charge in [-0.25, -0.2) is 9.18 Å². The van der Waals surface area contributed by atoms with Crippen molar-refractivity contribution in [2.45, 2.75) is 32.7 Å². The molecule has 0 aliphatic carbocycles. The van der Waals surface area contributed by atoms with Crippen LogP contribution in [0.1, 0.15) is 31.0 Å². The van der Waals surface area contributed by atoms with Crippen LogP contribution >= 0.6 is 0 Å². The molecular weight excluding hydrogens is 325 g/mol. The molecule has 0 saturated carbocycles. The third-order valence-electron chi connectivity index (χ3n) is 4.10. The number of hydrogen-bond acceptors (Lipinski definition) is 3. The fourth-order valence-corrected chi connectivity index (χ4v) is 2.91. The van der Waals surface area contributed by atoms with Gasteiger partial charge in [-0.1, -0.05) is 25.5 Å². The normalized spacial score (nSPS) is 11.1. The highest BCUT2D eigenvalue weighted by Crippen LogP contribution is 2.14. The summed E-state index contributed by atoms with van der Waals surface area (Å²) in [6, 6.07) is 7.50. The Hall–Kier alpha value is -2.96. The molecule has 0 amide bonds. The van der Waals surface area contributed by atoms with Gasteiger partial charge < -0.3 is 4.57 Å². The molecule has 0 fully saturated rings. The summed E-state index contributed by atoms with van der Waals surface area (Å²) < 4.78 is 15.2. The van der Waals surface area contributed by atoms with Crippen LogP contribution in [0.2, 0.25) is 0 Å². The van der Waals surface area contributed by atoms with E-state index in [0.29, 0.717) is 17.7 Å². The second kappa shape index (κ2) is 6.88. The Morgan fingerprint density at radius 1 is 1.12 bits per heavy atom. The van der Waals surface area contributed by atoms with Crippen molar-refractivity contribution in [3.63, 3.8) is 0 Å². The van der Waals surface area contributed by atoms with E-state index >= 15 is 0 Å². The second-order valence-electron chi connectivity index (χ2n) is 5.95. The summed E-state index contributed by atoms with van der Waals surface area (Å²) in [5.41, 5.74) is -0.310. The maximum Gasteiger partial charge on any atom is 0.327 e. The second-order valence-corrected chi connectivity index (χ2v) is 5.95. The molecule has 0 unspecified atom stereocenters. The van der Waals surface area contributed by atoms with Gasteiger partial charge in [-0.3, -0.25) is 19.6 Å². The van der Waals surface area contributed by atoms with Crippen molar-refractivity contribution in [3.05, 3.63) is 78.5 Å². The molecule has 2 heterocycles. The molecule has 0 radical (unpaired) electrons. The first-order chi connectivity index (χ1) is 12.0. The van der Waals surface area contributed by atoms with Gasteiger partial charge >= 0.3 is 5.69 Å². The van der Waals surface area contributed by atoms with Crippen molar-refractivity contribution in [2.24, 2.45) is 0 Å². The SMILES string of the molecule is CCCCc1cc(=O)c2c(=O)[nH]c(=O)[nH]c2n1Cc1cccc(F)c1. The largest absolute Gasteiger partial charge is 0.327 e. The molecule has 6 nitrogen and oxygen atoms in total. The van der Waals surface area contributed by atoms with Crippen molar-refractivity contribution in [2.75, 3.05) is 0 Å².